The molecule has 2 heterocycles. The van der Waals surface area contributed by atoms with Gasteiger partial charge in [-0.2, -0.15) is 15.4 Å². The first-order valence-electron chi connectivity index (χ1n) is 10.2. The molecule has 3 aromatic carbocycles. The molecule has 1 aliphatic rings. The van der Waals surface area contributed by atoms with E-state index in [4.69, 9.17) is 0 Å². The number of anilines is 1. The van der Waals surface area contributed by atoms with Crippen LogP contribution >= 0.6 is 0 Å². The summed E-state index contributed by atoms with van der Waals surface area (Å²) in [5, 5.41) is 29.3. The van der Waals surface area contributed by atoms with Crippen LogP contribution in [-0.4, -0.2) is 43.4 Å². The van der Waals surface area contributed by atoms with E-state index in [0.717, 1.165) is 17.0 Å². The number of nitrogens with zero attached hydrogens (tertiary/aromatic N) is 3. The van der Waals surface area contributed by atoms with Crippen LogP contribution in [0.25, 0.3) is 22.4 Å². The number of aromatic carboxylic acids is 1. The second kappa shape index (κ2) is 8.22. The van der Waals surface area contributed by atoms with Gasteiger partial charge in [-0.1, -0.05) is 18.2 Å². The Bertz CT molecular complexity index is 1550. The maximum absolute atomic E-state index is 13.8. The van der Waals surface area contributed by atoms with Gasteiger partial charge in [-0.3, -0.25) is 9.59 Å². The lowest BCUT2D eigenvalue weighted by atomic mass is 10.0. The fourth-order valence-electron chi connectivity index (χ4n) is 3.95. The predicted molar refractivity (Wildman–Crippen MR) is 118 cm³/mol. The number of amides is 2. The van der Waals surface area contributed by atoms with Crippen LogP contribution in [0.4, 0.5) is 14.5 Å². The van der Waals surface area contributed by atoms with Gasteiger partial charge in [0.2, 0.25) is 0 Å². The summed E-state index contributed by atoms with van der Waals surface area (Å²) in [6, 6.07) is 11.3. The van der Waals surface area contributed by atoms with Gasteiger partial charge < -0.3 is 10.2 Å². The van der Waals surface area contributed by atoms with Crippen molar-refractivity contribution in [2.45, 2.75) is 6.61 Å². The van der Waals surface area contributed by atoms with Gasteiger partial charge in [0.15, 0.2) is 11.6 Å². The van der Waals surface area contributed by atoms with Crippen molar-refractivity contribution in [1.29, 1.82) is 0 Å². The van der Waals surface area contributed by atoms with Gasteiger partial charge in [-0.15, -0.1) is 0 Å². The number of carbonyl (C=O) groups is 3. The molecule has 11 heteroatoms. The minimum atomic E-state index is -1.38. The standard InChI is InChI=1S/C24H14F2N4O5/c25-17-6-3-11(8-18(17)26)12-1-5-15(24(34)35)20(9-12)30-22(32)14-4-2-13(7-16(14)23(30)33)21-19(10-31)27-29-28-21/h1-9,31H,10H2,(H,34,35)(H,27,28,29). The third-order valence-corrected chi connectivity index (χ3v) is 5.65. The quantitative estimate of drug-likeness (QED) is 0.376. The van der Waals surface area contributed by atoms with Crippen LogP contribution in [-0.2, 0) is 6.61 Å². The molecule has 0 saturated carbocycles. The molecule has 174 valence electrons. The molecular weight excluding hydrogens is 462 g/mol. The Kier molecular flexibility index (Phi) is 5.18. The minimum absolute atomic E-state index is 0.00829. The number of halogens is 2. The number of carboxylic acid groups (broad SMARTS) is 1. The van der Waals surface area contributed by atoms with Crippen molar-refractivity contribution in [2.24, 2.45) is 0 Å². The number of benzene rings is 3. The Morgan fingerprint density at radius 2 is 1.54 bits per heavy atom. The third kappa shape index (κ3) is 3.54. The first-order valence-corrected chi connectivity index (χ1v) is 10.2. The zero-order chi connectivity index (χ0) is 24.9. The third-order valence-electron chi connectivity index (χ3n) is 5.65. The molecule has 0 saturated heterocycles. The maximum atomic E-state index is 13.8. The fourth-order valence-corrected chi connectivity index (χ4v) is 3.95. The number of aliphatic hydroxyl groups excluding tert-OH is 1. The lowest BCUT2D eigenvalue weighted by Gasteiger charge is -2.18. The number of aromatic nitrogens is 3. The average molecular weight is 476 g/mol. The fraction of sp³-hybridized carbons (Fsp3) is 0.0417. The summed E-state index contributed by atoms with van der Waals surface area (Å²) in [5.74, 6) is -5.06. The molecule has 0 bridgehead atoms. The summed E-state index contributed by atoms with van der Waals surface area (Å²) >= 11 is 0. The molecule has 1 aliphatic heterocycles. The largest absolute Gasteiger partial charge is 0.478 e. The summed E-state index contributed by atoms with van der Waals surface area (Å²) in [6.07, 6.45) is 0. The molecule has 0 fully saturated rings. The van der Waals surface area contributed by atoms with Gasteiger partial charge in [0, 0.05) is 5.56 Å². The molecule has 0 radical (unpaired) electrons. The second-order valence-electron chi connectivity index (χ2n) is 7.65. The number of hydrogen-bond acceptors (Lipinski definition) is 6. The van der Waals surface area contributed by atoms with E-state index in [1.807, 2.05) is 0 Å². The molecule has 9 nitrogen and oxygen atoms in total. The van der Waals surface area contributed by atoms with E-state index in [0.29, 0.717) is 11.3 Å². The molecule has 0 spiro atoms. The monoisotopic (exact) mass is 476 g/mol. The molecule has 2 amide bonds. The molecule has 35 heavy (non-hydrogen) atoms. The molecule has 0 aliphatic carbocycles. The Morgan fingerprint density at radius 3 is 2.26 bits per heavy atom. The highest BCUT2D eigenvalue weighted by atomic mass is 19.2. The van der Waals surface area contributed by atoms with E-state index in [2.05, 4.69) is 15.4 Å². The van der Waals surface area contributed by atoms with Crippen LogP contribution in [0.15, 0.2) is 54.6 Å². The molecule has 1 aromatic heterocycles. The number of imide groups is 1. The SMILES string of the molecule is O=C(O)c1ccc(-c2ccc(F)c(F)c2)cc1N1C(=O)c2ccc(-c3n[nH]nc3CO)cc2C1=O. The molecule has 0 atom stereocenters. The van der Waals surface area contributed by atoms with E-state index in [1.54, 1.807) is 0 Å². The Labute approximate surface area is 195 Å². The number of aromatic amines is 1. The highest BCUT2D eigenvalue weighted by molar-refractivity contribution is 6.35. The number of rotatable bonds is 5. The van der Waals surface area contributed by atoms with Gasteiger partial charge in [-0.25, -0.2) is 18.5 Å². The number of fused-ring (bicyclic) bond motifs is 1. The van der Waals surface area contributed by atoms with Gasteiger partial charge in [0.25, 0.3) is 11.8 Å². The van der Waals surface area contributed by atoms with Crippen molar-refractivity contribution in [1.82, 2.24) is 15.4 Å². The van der Waals surface area contributed by atoms with Crippen LogP contribution in [0.3, 0.4) is 0 Å². The van der Waals surface area contributed by atoms with Gasteiger partial charge in [-0.05, 0) is 47.5 Å². The number of carboxylic acids is 1. The molecule has 4 aromatic rings. The minimum Gasteiger partial charge on any atom is -0.478 e. The summed E-state index contributed by atoms with van der Waals surface area (Å²) in [5.41, 5.74) is 0.955. The zero-order valence-electron chi connectivity index (χ0n) is 17.6. The van der Waals surface area contributed by atoms with E-state index in [9.17, 15) is 33.4 Å². The highest BCUT2D eigenvalue weighted by Crippen LogP contribution is 2.36. The Morgan fingerprint density at radius 1 is 0.857 bits per heavy atom. The van der Waals surface area contributed by atoms with Crippen LogP contribution < -0.4 is 4.90 Å². The van der Waals surface area contributed by atoms with E-state index < -0.39 is 36.0 Å². The number of H-pyrrole nitrogens is 1. The second-order valence-corrected chi connectivity index (χ2v) is 7.65. The number of aliphatic hydroxyl groups is 1. The van der Waals surface area contributed by atoms with Crippen LogP contribution in [0.5, 0.6) is 0 Å². The van der Waals surface area contributed by atoms with Crippen molar-refractivity contribution >= 4 is 23.5 Å². The van der Waals surface area contributed by atoms with Crippen molar-refractivity contribution in [3.05, 3.63) is 88.6 Å². The molecule has 0 unspecified atom stereocenters. The van der Waals surface area contributed by atoms with Crippen molar-refractivity contribution in [2.75, 3.05) is 4.90 Å². The summed E-state index contributed by atoms with van der Waals surface area (Å²) < 4.78 is 27.1. The summed E-state index contributed by atoms with van der Waals surface area (Å²) in [4.78, 5) is 39.1. The normalized spacial score (nSPS) is 12.8. The van der Waals surface area contributed by atoms with E-state index in [1.165, 1.54) is 42.5 Å². The van der Waals surface area contributed by atoms with Gasteiger partial charge in [0.1, 0.15) is 11.4 Å². The van der Waals surface area contributed by atoms with Crippen LogP contribution in [0, 0.1) is 11.6 Å². The number of carbonyl (C=O) groups excluding carboxylic acids is 2. The first kappa shape index (κ1) is 22.0. The average Bonchev–Trinajstić information content (AvgIpc) is 3.42. The topological polar surface area (TPSA) is 136 Å². The molecule has 3 N–H and O–H groups in total. The highest BCUT2D eigenvalue weighted by Gasteiger charge is 2.39. The van der Waals surface area contributed by atoms with Crippen molar-refractivity contribution in [3.8, 4) is 22.4 Å². The molecular formula is C24H14F2N4O5. The summed E-state index contributed by atoms with van der Waals surface area (Å²) in [7, 11) is 0. The first-order chi connectivity index (χ1) is 16.8. The van der Waals surface area contributed by atoms with E-state index >= 15 is 0 Å². The van der Waals surface area contributed by atoms with E-state index in [-0.39, 0.29) is 39.2 Å². The predicted octanol–water partition coefficient (Wildman–Crippen LogP) is 3.41. The number of hydrogen-bond donors (Lipinski definition) is 3. The molecule has 5 rings (SSSR count). The lowest BCUT2D eigenvalue weighted by molar-refractivity contribution is 0.0698. The lowest BCUT2D eigenvalue weighted by Crippen LogP contribution is -2.31. The number of nitrogens with one attached hydrogen (secondary N) is 1. The Hall–Kier alpha value is -4.77. The van der Waals surface area contributed by atoms with Crippen molar-refractivity contribution < 1.29 is 33.4 Å². The summed E-state index contributed by atoms with van der Waals surface area (Å²) in [6.45, 7) is -0.402. The van der Waals surface area contributed by atoms with Crippen LogP contribution in [0.1, 0.15) is 36.8 Å². The van der Waals surface area contributed by atoms with Gasteiger partial charge in [0.05, 0.1) is 29.0 Å². The van der Waals surface area contributed by atoms with Gasteiger partial charge >= 0.3 is 5.97 Å². The maximum Gasteiger partial charge on any atom is 0.337 e. The van der Waals surface area contributed by atoms with Crippen LogP contribution in [0.2, 0.25) is 0 Å². The smallest absolute Gasteiger partial charge is 0.337 e. The van der Waals surface area contributed by atoms with Crippen molar-refractivity contribution in [3.63, 3.8) is 0 Å². The zero-order valence-corrected chi connectivity index (χ0v) is 17.6. The Balaban J connectivity index is 1.61.